The molecule has 4 rings (SSSR count). The van der Waals surface area contributed by atoms with Crippen LogP contribution in [0.1, 0.15) is 47.3 Å². The molecule has 1 aliphatic rings. The molecule has 1 aliphatic carbocycles. The minimum atomic E-state index is -1.34. The number of carboxylic acid groups (broad SMARTS) is 1. The predicted molar refractivity (Wildman–Crippen MR) is 122 cm³/mol. The molecule has 1 atom stereocenters. The minimum Gasteiger partial charge on any atom is -0.548 e. The van der Waals surface area contributed by atoms with Crippen molar-refractivity contribution in [2.75, 3.05) is 12.0 Å². The van der Waals surface area contributed by atoms with Gasteiger partial charge in [0.2, 0.25) is 5.91 Å². The number of nitrogens with one attached hydrogen (secondary N) is 1. The summed E-state index contributed by atoms with van der Waals surface area (Å²) in [6.45, 7) is 3.67. The number of thioether (sulfide) groups is 1. The van der Waals surface area contributed by atoms with Crippen LogP contribution in [0.15, 0.2) is 19.7 Å². The Labute approximate surface area is 189 Å². The molecule has 0 saturated carbocycles. The van der Waals surface area contributed by atoms with E-state index in [-0.39, 0.29) is 18.4 Å². The number of furan rings is 1. The standard InChI is InChI=1S/C24H27NO6S/c1-12-15-10-17-14-6-4-5-7-19(14)30-22(17)13(2)21(15)31-24(29)16(12)11-20(26)25-18(23(27)28)8-9-32-3/h10,18H,4-9,11H2,1-3H3,(H,25,26)(H,27,28)/p-1/t18-/m0/s1. The van der Waals surface area contributed by atoms with Crippen molar-refractivity contribution in [1.29, 1.82) is 0 Å². The number of carbonyl (C=O) groups excluding carboxylic acids is 2. The van der Waals surface area contributed by atoms with Gasteiger partial charge < -0.3 is 24.1 Å². The predicted octanol–water partition coefficient (Wildman–Crippen LogP) is 2.57. The van der Waals surface area contributed by atoms with E-state index in [0.29, 0.717) is 16.9 Å². The van der Waals surface area contributed by atoms with Crippen LogP contribution in [0.25, 0.3) is 21.9 Å². The number of hydrogen-bond acceptors (Lipinski definition) is 7. The van der Waals surface area contributed by atoms with Crippen molar-refractivity contribution in [2.45, 2.75) is 58.4 Å². The highest BCUT2D eigenvalue weighted by Gasteiger charge is 2.24. The normalized spacial score (nSPS) is 14.5. The number of rotatable bonds is 7. The van der Waals surface area contributed by atoms with E-state index in [4.69, 9.17) is 8.83 Å². The lowest BCUT2D eigenvalue weighted by Gasteiger charge is -2.19. The van der Waals surface area contributed by atoms with E-state index >= 15 is 0 Å². The molecule has 170 valence electrons. The van der Waals surface area contributed by atoms with Gasteiger partial charge in [-0.1, -0.05) is 0 Å². The monoisotopic (exact) mass is 456 g/mol. The third kappa shape index (κ3) is 4.03. The molecular weight excluding hydrogens is 430 g/mol. The Balaban J connectivity index is 1.72. The second-order valence-corrected chi connectivity index (χ2v) is 9.34. The van der Waals surface area contributed by atoms with Crippen LogP contribution in [-0.2, 0) is 28.9 Å². The molecular formula is C24H26NO6S-. The van der Waals surface area contributed by atoms with E-state index in [1.165, 1.54) is 17.3 Å². The van der Waals surface area contributed by atoms with E-state index in [1.807, 2.05) is 19.2 Å². The maximum Gasteiger partial charge on any atom is 0.340 e. The third-order valence-corrected chi connectivity index (χ3v) is 6.94. The van der Waals surface area contributed by atoms with Crippen molar-refractivity contribution in [3.63, 3.8) is 0 Å². The first-order chi connectivity index (χ1) is 15.3. The molecule has 3 aromatic rings. The maximum absolute atomic E-state index is 12.8. The van der Waals surface area contributed by atoms with Gasteiger partial charge in [0.15, 0.2) is 0 Å². The highest BCUT2D eigenvalue weighted by molar-refractivity contribution is 7.98. The lowest BCUT2D eigenvalue weighted by molar-refractivity contribution is -0.308. The number of aryl methyl sites for hydroxylation is 4. The summed E-state index contributed by atoms with van der Waals surface area (Å²) in [5.74, 6) is -0.311. The van der Waals surface area contributed by atoms with Crippen molar-refractivity contribution in [2.24, 2.45) is 0 Å². The van der Waals surface area contributed by atoms with Gasteiger partial charge in [0.05, 0.1) is 24.0 Å². The van der Waals surface area contributed by atoms with Gasteiger partial charge in [-0.3, -0.25) is 4.79 Å². The summed E-state index contributed by atoms with van der Waals surface area (Å²) in [6.07, 6.45) is 5.93. The Morgan fingerprint density at radius 2 is 1.84 bits per heavy atom. The quantitative estimate of drug-likeness (QED) is 0.544. The highest BCUT2D eigenvalue weighted by atomic mass is 32.2. The summed E-state index contributed by atoms with van der Waals surface area (Å²) in [5.41, 5.74) is 3.50. The number of aliphatic carboxylic acids is 1. The van der Waals surface area contributed by atoms with Gasteiger partial charge in [-0.15, -0.1) is 0 Å². The molecule has 1 amide bonds. The van der Waals surface area contributed by atoms with E-state index in [2.05, 4.69) is 5.32 Å². The van der Waals surface area contributed by atoms with Crippen LogP contribution >= 0.6 is 11.8 Å². The number of amides is 1. The summed E-state index contributed by atoms with van der Waals surface area (Å²) in [4.78, 5) is 36.6. The van der Waals surface area contributed by atoms with E-state index in [9.17, 15) is 19.5 Å². The van der Waals surface area contributed by atoms with Crippen LogP contribution in [0.3, 0.4) is 0 Å². The number of carbonyl (C=O) groups is 2. The highest BCUT2D eigenvalue weighted by Crippen LogP contribution is 2.37. The Hall–Kier alpha value is -2.74. The molecule has 2 aromatic heterocycles. The maximum atomic E-state index is 12.8. The topological polar surface area (TPSA) is 113 Å². The molecule has 0 saturated heterocycles. The van der Waals surface area contributed by atoms with Gasteiger partial charge in [-0.25, -0.2) is 4.79 Å². The molecule has 0 unspecified atom stereocenters. The molecule has 1 N–H and O–H groups in total. The van der Waals surface area contributed by atoms with Crippen LogP contribution in [0, 0.1) is 13.8 Å². The van der Waals surface area contributed by atoms with Crippen LogP contribution in [0.2, 0.25) is 0 Å². The first kappa shape index (κ1) is 22.5. The molecule has 7 nitrogen and oxygen atoms in total. The smallest absolute Gasteiger partial charge is 0.340 e. The molecule has 32 heavy (non-hydrogen) atoms. The Morgan fingerprint density at radius 1 is 1.12 bits per heavy atom. The molecule has 0 radical (unpaired) electrons. The molecule has 0 bridgehead atoms. The number of benzene rings is 1. The van der Waals surface area contributed by atoms with Gasteiger partial charge in [0.25, 0.3) is 0 Å². The second-order valence-electron chi connectivity index (χ2n) is 8.36. The van der Waals surface area contributed by atoms with Crippen LogP contribution in [0.5, 0.6) is 0 Å². The largest absolute Gasteiger partial charge is 0.548 e. The van der Waals surface area contributed by atoms with Crippen molar-refractivity contribution < 1.29 is 23.5 Å². The fraction of sp³-hybridized carbons (Fsp3) is 0.458. The molecule has 0 aliphatic heterocycles. The third-order valence-electron chi connectivity index (χ3n) is 6.29. The summed E-state index contributed by atoms with van der Waals surface area (Å²) in [5, 5.41) is 15.6. The zero-order valence-corrected chi connectivity index (χ0v) is 19.3. The average Bonchev–Trinajstić information content (AvgIpc) is 3.14. The lowest BCUT2D eigenvalue weighted by atomic mass is 9.93. The van der Waals surface area contributed by atoms with Crippen molar-refractivity contribution >= 4 is 45.6 Å². The van der Waals surface area contributed by atoms with E-state index in [0.717, 1.165) is 53.4 Å². The molecule has 8 heteroatoms. The van der Waals surface area contributed by atoms with E-state index in [1.54, 1.807) is 6.92 Å². The number of hydrogen-bond donors (Lipinski definition) is 1. The SMILES string of the molecule is CSCC[C@H](NC(=O)Cc1c(C)c2cc3c4c(oc3c(C)c2oc1=O)CCCC4)C(=O)[O-]. The molecule has 0 spiro atoms. The van der Waals surface area contributed by atoms with E-state index < -0.39 is 23.5 Å². The Bertz CT molecular complexity index is 1270. The second kappa shape index (κ2) is 9.02. The van der Waals surface area contributed by atoms with Crippen LogP contribution in [-0.4, -0.2) is 29.9 Å². The molecule has 2 heterocycles. The summed E-state index contributed by atoms with van der Waals surface area (Å²) in [7, 11) is 0. The zero-order chi connectivity index (χ0) is 23.0. The minimum absolute atomic E-state index is 0.230. The lowest BCUT2D eigenvalue weighted by Crippen LogP contribution is -2.48. The van der Waals surface area contributed by atoms with Crippen LogP contribution < -0.4 is 16.0 Å². The summed E-state index contributed by atoms with van der Waals surface area (Å²) < 4.78 is 11.7. The number of fused-ring (bicyclic) bond motifs is 4. The van der Waals surface area contributed by atoms with Gasteiger partial charge >= 0.3 is 5.63 Å². The fourth-order valence-electron chi connectivity index (χ4n) is 4.51. The van der Waals surface area contributed by atoms with Gasteiger partial charge in [0, 0.05) is 28.3 Å². The van der Waals surface area contributed by atoms with Gasteiger partial charge in [0.1, 0.15) is 16.9 Å². The average molecular weight is 457 g/mol. The van der Waals surface area contributed by atoms with Gasteiger partial charge in [-0.05, 0) is 63.2 Å². The summed E-state index contributed by atoms with van der Waals surface area (Å²) in [6, 6.07) is 0.898. The molecule has 1 aromatic carbocycles. The molecule has 0 fully saturated rings. The first-order valence-corrected chi connectivity index (χ1v) is 12.2. The fourth-order valence-corrected chi connectivity index (χ4v) is 4.98. The summed E-state index contributed by atoms with van der Waals surface area (Å²) >= 11 is 1.48. The van der Waals surface area contributed by atoms with Crippen molar-refractivity contribution in [1.82, 2.24) is 5.32 Å². The van der Waals surface area contributed by atoms with Crippen molar-refractivity contribution in [3.8, 4) is 0 Å². The Kier molecular flexibility index (Phi) is 6.33. The van der Waals surface area contributed by atoms with Gasteiger partial charge in [-0.2, -0.15) is 11.8 Å². The number of carboxylic acids is 1. The van der Waals surface area contributed by atoms with Crippen LogP contribution in [0.4, 0.5) is 0 Å². The Morgan fingerprint density at radius 3 is 2.56 bits per heavy atom. The van der Waals surface area contributed by atoms with Crippen molar-refractivity contribution in [3.05, 3.63) is 44.5 Å². The zero-order valence-electron chi connectivity index (χ0n) is 18.5. The first-order valence-electron chi connectivity index (χ1n) is 10.8.